The first kappa shape index (κ1) is 13.0. The van der Waals surface area contributed by atoms with Gasteiger partial charge in [-0.1, -0.05) is 12.8 Å². The third-order valence-electron chi connectivity index (χ3n) is 2.43. The van der Waals surface area contributed by atoms with E-state index in [9.17, 15) is 18.3 Å². The minimum absolute atomic E-state index is 0.0977. The van der Waals surface area contributed by atoms with Gasteiger partial charge in [-0.05, 0) is 30.9 Å². The summed E-state index contributed by atoms with van der Waals surface area (Å²) in [5.74, 6) is -2.88. The van der Waals surface area contributed by atoms with Gasteiger partial charge in [-0.25, -0.2) is 18.3 Å². The van der Waals surface area contributed by atoms with Gasteiger partial charge in [0, 0.05) is 6.07 Å². The van der Waals surface area contributed by atoms with Crippen LogP contribution in [0.3, 0.4) is 0 Å². The molecule has 0 saturated carbocycles. The topological polar surface area (TPSA) is 19.9 Å². The van der Waals surface area contributed by atoms with Gasteiger partial charge in [0.2, 0.25) is 0 Å². The van der Waals surface area contributed by atoms with E-state index in [1.54, 1.807) is 0 Å². The lowest BCUT2D eigenvalue weighted by Gasteiger charge is -2.04. The molecule has 0 aliphatic heterocycles. The van der Waals surface area contributed by atoms with Crippen LogP contribution in [0.15, 0.2) is 12.1 Å². The molecule has 0 heterocycles. The van der Waals surface area contributed by atoms with Gasteiger partial charge in [0.1, 0.15) is 5.82 Å². The minimum atomic E-state index is -1.16. The molecule has 0 aliphatic carbocycles. The molecule has 1 rings (SSSR count). The highest BCUT2D eigenvalue weighted by Gasteiger charge is 2.09. The quantitative estimate of drug-likeness (QED) is 0.526. The first-order valence-corrected chi connectivity index (χ1v) is 5.36. The van der Waals surface area contributed by atoms with Gasteiger partial charge in [0.05, 0.1) is 6.61 Å². The van der Waals surface area contributed by atoms with Gasteiger partial charge in [0.15, 0.2) is 11.6 Å². The molecule has 1 radical (unpaired) electrons. The van der Waals surface area contributed by atoms with E-state index in [0.717, 1.165) is 18.9 Å². The predicted molar refractivity (Wildman–Crippen MR) is 54.0 cm³/mol. The smallest absolute Gasteiger partial charge is 0.161 e. The van der Waals surface area contributed by atoms with Crippen LogP contribution in [-0.2, 0) is 11.5 Å². The van der Waals surface area contributed by atoms with Gasteiger partial charge < -0.3 is 0 Å². The Bertz CT molecular complexity index is 339. The van der Waals surface area contributed by atoms with E-state index in [1.807, 2.05) is 0 Å². The summed E-state index contributed by atoms with van der Waals surface area (Å²) in [6.45, 7) is -0.0977. The second-order valence-corrected chi connectivity index (χ2v) is 3.73. The van der Waals surface area contributed by atoms with E-state index in [-0.39, 0.29) is 12.2 Å². The van der Waals surface area contributed by atoms with Crippen molar-refractivity contribution < 1.29 is 18.3 Å². The number of hydrogen-bond acceptors (Lipinski definition) is 0. The Morgan fingerprint density at radius 3 is 2.12 bits per heavy atom. The van der Waals surface area contributed by atoms with Crippen molar-refractivity contribution in [2.75, 3.05) is 6.61 Å². The highest BCUT2D eigenvalue weighted by Crippen LogP contribution is 2.16. The van der Waals surface area contributed by atoms with Crippen molar-refractivity contribution in [3.05, 3.63) is 35.1 Å². The molecule has 89 valence electrons. The number of rotatable bonds is 6. The largest absolute Gasteiger partial charge is 0.237 e. The SMILES string of the molecule is [O]CCCCCCc1cc(F)c(F)cc1F. The summed E-state index contributed by atoms with van der Waals surface area (Å²) in [4.78, 5) is 0. The fraction of sp³-hybridized carbons (Fsp3) is 0.500. The zero-order valence-electron chi connectivity index (χ0n) is 8.94. The monoisotopic (exact) mass is 231 g/mol. The first-order valence-electron chi connectivity index (χ1n) is 5.36. The summed E-state index contributed by atoms with van der Waals surface area (Å²) in [5.41, 5.74) is 0.195. The molecule has 0 bridgehead atoms. The Labute approximate surface area is 92.9 Å². The van der Waals surface area contributed by atoms with Gasteiger partial charge in [-0.2, -0.15) is 0 Å². The third kappa shape index (κ3) is 3.85. The van der Waals surface area contributed by atoms with Crippen molar-refractivity contribution in [1.29, 1.82) is 0 Å². The van der Waals surface area contributed by atoms with E-state index in [4.69, 9.17) is 0 Å². The fourth-order valence-electron chi connectivity index (χ4n) is 1.53. The molecule has 0 atom stereocenters. The molecule has 16 heavy (non-hydrogen) atoms. The van der Waals surface area contributed by atoms with Gasteiger partial charge in [-0.3, -0.25) is 0 Å². The maximum atomic E-state index is 13.1. The Morgan fingerprint density at radius 1 is 0.812 bits per heavy atom. The van der Waals surface area contributed by atoms with Crippen LogP contribution in [0.5, 0.6) is 0 Å². The Hall–Kier alpha value is -1.03. The normalized spacial score (nSPS) is 10.8. The maximum Gasteiger partial charge on any atom is 0.161 e. The van der Waals surface area contributed by atoms with Crippen LogP contribution >= 0.6 is 0 Å². The van der Waals surface area contributed by atoms with Crippen LogP contribution in [0.1, 0.15) is 31.2 Å². The van der Waals surface area contributed by atoms with Gasteiger partial charge >= 0.3 is 0 Å². The molecule has 0 unspecified atom stereocenters. The van der Waals surface area contributed by atoms with Crippen LogP contribution in [-0.4, -0.2) is 6.61 Å². The highest BCUT2D eigenvalue weighted by atomic mass is 19.2. The van der Waals surface area contributed by atoms with Crippen molar-refractivity contribution in [3.63, 3.8) is 0 Å². The van der Waals surface area contributed by atoms with Crippen LogP contribution in [0.4, 0.5) is 13.2 Å². The fourth-order valence-corrected chi connectivity index (χ4v) is 1.53. The van der Waals surface area contributed by atoms with Crippen molar-refractivity contribution in [2.24, 2.45) is 0 Å². The molecule has 1 nitrogen and oxygen atoms in total. The zero-order chi connectivity index (χ0) is 12.0. The molecule has 0 amide bonds. The lowest BCUT2D eigenvalue weighted by molar-refractivity contribution is 0.186. The first-order chi connectivity index (χ1) is 7.65. The molecule has 0 aromatic heterocycles. The minimum Gasteiger partial charge on any atom is -0.237 e. The predicted octanol–water partition coefficient (Wildman–Crippen LogP) is 3.64. The van der Waals surface area contributed by atoms with Crippen molar-refractivity contribution in [1.82, 2.24) is 0 Å². The number of benzene rings is 1. The molecule has 0 spiro atoms. The summed E-state index contributed by atoms with van der Waals surface area (Å²) < 4.78 is 38.6. The zero-order valence-corrected chi connectivity index (χ0v) is 8.94. The van der Waals surface area contributed by atoms with E-state index in [2.05, 4.69) is 0 Å². The summed E-state index contributed by atoms with van der Waals surface area (Å²) in [6, 6.07) is 1.47. The third-order valence-corrected chi connectivity index (χ3v) is 2.43. The van der Waals surface area contributed by atoms with Crippen LogP contribution in [0.2, 0.25) is 0 Å². The molecule has 0 aliphatic rings. The summed E-state index contributed by atoms with van der Waals surface area (Å²) in [5, 5.41) is 10.1. The molecule has 1 aromatic carbocycles. The molecule has 0 fully saturated rings. The van der Waals surface area contributed by atoms with Crippen molar-refractivity contribution in [3.8, 4) is 0 Å². The number of aryl methyl sites for hydroxylation is 1. The maximum absolute atomic E-state index is 13.1. The second kappa shape index (κ2) is 6.53. The van der Waals surface area contributed by atoms with E-state index < -0.39 is 17.5 Å². The van der Waals surface area contributed by atoms with Crippen LogP contribution < -0.4 is 0 Å². The second-order valence-electron chi connectivity index (χ2n) is 3.73. The van der Waals surface area contributed by atoms with E-state index in [1.165, 1.54) is 0 Å². The Kier molecular flexibility index (Phi) is 5.32. The van der Waals surface area contributed by atoms with Crippen LogP contribution in [0.25, 0.3) is 0 Å². The lowest BCUT2D eigenvalue weighted by Crippen LogP contribution is -1.96. The molecule has 0 N–H and O–H groups in total. The Balaban J connectivity index is 2.45. The number of hydrogen-bond donors (Lipinski definition) is 0. The summed E-state index contributed by atoms with van der Waals surface area (Å²) >= 11 is 0. The number of unbranched alkanes of at least 4 members (excludes halogenated alkanes) is 3. The summed E-state index contributed by atoms with van der Waals surface area (Å²) in [6.07, 6.45) is 3.28. The molecular formula is C12H14F3O. The molecule has 0 saturated heterocycles. The van der Waals surface area contributed by atoms with E-state index >= 15 is 0 Å². The molecular weight excluding hydrogens is 217 g/mol. The van der Waals surface area contributed by atoms with Gasteiger partial charge in [-0.15, -0.1) is 0 Å². The average Bonchev–Trinajstić information content (AvgIpc) is 2.25. The molecule has 4 heteroatoms. The van der Waals surface area contributed by atoms with Crippen molar-refractivity contribution >= 4 is 0 Å². The van der Waals surface area contributed by atoms with Gasteiger partial charge in [0.25, 0.3) is 0 Å². The summed E-state index contributed by atoms with van der Waals surface area (Å²) in [7, 11) is 0. The standard InChI is InChI=1S/C12H14F3O/c13-10-8-12(15)11(14)7-9(10)5-3-1-2-4-6-16/h7-8H,1-6H2. The van der Waals surface area contributed by atoms with Crippen molar-refractivity contribution in [2.45, 2.75) is 32.1 Å². The number of halogens is 3. The lowest BCUT2D eigenvalue weighted by atomic mass is 10.1. The van der Waals surface area contributed by atoms with Crippen LogP contribution in [0, 0.1) is 17.5 Å². The highest BCUT2D eigenvalue weighted by molar-refractivity contribution is 5.20. The average molecular weight is 231 g/mol. The Morgan fingerprint density at radius 2 is 1.44 bits per heavy atom. The van der Waals surface area contributed by atoms with E-state index in [0.29, 0.717) is 25.3 Å². The molecule has 1 aromatic rings.